The Morgan fingerprint density at radius 3 is 2.44 bits per heavy atom. The monoisotopic (exact) mass is 720 g/mol. The Bertz CT molecular complexity index is 1630. The van der Waals surface area contributed by atoms with Crippen molar-refractivity contribution in [1.82, 2.24) is 9.55 Å². The zero-order chi connectivity index (χ0) is 28.1. The summed E-state index contributed by atoms with van der Waals surface area (Å²) in [5, 5.41) is 0. The minimum atomic E-state index is 0. The van der Waals surface area contributed by atoms with Gasteiger partial charge in [-0.1, -0.05) is 77.6 Å². The first-order valence-corrected chi connectivity index (χ1v) is 14.3. The first-order chi connectivity index (χ1) is 19.2. The summed E-state index contributed by atoms with van der Waals surface area (Å²) in [6.07, 6.45) is 7.73. The maximum atomic E-state index is 6.61. The van der Waals surface area contributed by atoms with Crippen molar-refractivity contribution in [2.75, 3.05) is 0 Å². The molecule has 4 nitrogen and oxygen atoms in total. The van der Waals surface area contributed by atoms with Crippen LogP contribution in [0.15, 0.2) is 72.9 Å². The fourth-order valence-corrected chi connectivity index (χ4v) is 5.99. The van der Waals surface area contributed by atoms with Crippen LogP contribution in [-0.4, -0.2) is 9.55 Å². The quantitative estimate of drug-likeness (QED) is 0.137. The second kappa shape index (κ2) is 11.2. The van der Waals surface area contributed by atoms with E-state index in [9.17, 15) is 0 Å². The van der Waals surface area contributed by atoms with Crippen molar-refractivity contribution in [2.24, 2.45) is 5.92 Å². The second-order valence-corrected chi connectivity index (χ2v) is 12.7. The van der Waals surface area contributed by atoms with E-state index in [1.165, 1.54) is 23.1 Å². The van der Waals surface area contributed by atoms with Gasteiger partial charge in [0.2, 0.25) is 6.33 Å². The third-order valence-electron chi connectivity index (χ3n) is 8.19. The minimum Gasteiger partial charge on any atom is -0.527 e. The number of para-hydroxylation sites is 1. The van der Waals surface area contributed by atoms with Crippen LogP contribution in [0.4, 0.5) is 0 Å². The Balaban J connectivity index is 0.000000218. The van der Waals surface area contributed by atoms with Gasteiger partial charge in [-0.15, -0.1) is 47.0 Å². The van der Waals surface area contributed by atoms with Crippen LogP contribution in [0.5, 0.6) is 11.5 Å². The van der Waals surface area contributed by atoms with Crippen molar-refractivity contribution < 1.29 is 29.4 Å². The average Bonchev–Trinajstić information content (AvgIpc) is 3.31. The van der Waals surface area contributed by atoms with Gasteiger partial charge in [0.15, 0.2) is 0 Å². The van der Waals surface area contributed by atoms with E-state index in [1.807, 2.05) is 42.5 Å². The van der Waals surface area contributed by atoms with E-state index < -0.39 is 0 Å². The topological polar surface area (TPSA) is 30.9 Å². The van der Waals surface area contributed by atoms with Gasteiger partial charge in [-0.25, -0.2) is 0 Å². The predicted molar refractivity (Wildman–Crippen MR) is 160 cm³/mol. The van der Waals surface area contributed by atoms with Crippen molar-refractivity contribution in [3.05, 3.63) is 103 Å². The van der Waals surface area contributed by atoms with Crippen LogP contribution in [0, 0.1) is 24.4 Å². The fraction of sp³-hybridized carbons (Fsp3) is 0.333. The molecule has 0 fully saturated rings. The van der Waals surface area contributed by atoms with Crippen molar-refractivity contribution in [3.63, 3.8) is 0 Å². The van der Waals surface area contributed by atoms with Gasteiger partial charge in [0.1, 0.15) is 5.75 Å². The molecule has 5 heteroatoms. The summed E-state index contributed by atoms with van der Waals surface area (Å²) in [5.41, 5.74) is 8.22. The van der Waals surface area contributed by atoms with E-state index in [2.05, 4.69) is 98.4 Å². The van der Waals surface area contributed by atoms with E-state index in [1.54, 1.807) is 6.20 Å². The molecule has 5 aromatic rings. The number of hydrogen-bond acceptors (Lipinski definition) is 2. The third-order valence-corrected chi connectivity index (χ3v) is 8.19. The summed E-state index contributed by atoms with van der Waals surface area (Å²) in [5.74, 6) is 2.45. The standard InChI is InChI=1S/C25H29N2O.C11H8N.Ir/c1-16(2)14-26-15-27-19-11-10-17-21(25(5,6)13-12-24(17,3)4)23(19)28-20-9-7-8-18(26)22(20)27;1-2-6-10(7-3-1)11-8-4-5-9-12-11;/h7-10,16H,12-14H2,1-6H3;1-6,8-9H;/q2*-1;+3. The number of ether oxygens (including phenoxy) is 1. The maximum Gasteiger partial charge on any atom is 3.00 e. The van der Waals surface area contributed by atoms with E-state index in [0.29, 0.717) is 5.92 Å². The molecule has 2 aromatic heterocycles. The number of aromatic nitrogens is 3. The molecule has 0 amide bonds. The molecule has 7 rings (SSSR count). The van der Waals surface area contributed by atoms with Gasteiger partial charge >= 0.3 is 20.1 Å². The van der Waals surface area contributed by atoms with Crippen molar-refractivity contribution >= 4 is 11.0 Å². The van der Waals surface area contributed by atoms with Gasteiger partial charge < -0.3 is 18.9 Å². The van der Waals surface area contributed by atoms with Crippen LogP contribution >= 0.6 is 0 Å². The number of pyridine rings is 1. The Hall–Kier alpha value is -3.27. The van der Waals surface area contributed by atoms with Crippen LogP contribution in [-0.2, 0) is 37.5 Å². The zero-order valence-corrected chi connectivity index (χ0v) is 27.1. The predicted octanol–water partition coefficient (Wildman–Crippen LogP) is 8.18. The van der Waals surface area contributed by atoms with Crippen LogP contribution in [0.1, 0.15) is 65.5 Å². The first-order valence-electron chi connectivity index (χ1n) is 14.3. The first kappa shape index (κ1) is 29.2. The van der Waals surface area contributed by atoms with Crippen LogP contribution < -0.4 is 9.30 Å². The maximum absolute atomic E-state index is 6.61. The Kier molecular flexibility index (Phi) is 7.98. The van der Waals surface area contributed by atoms with Gasteiger partial charge in [-0.05, 0) is 41.3 Å². The largest absolute Gasteiger partial charge is 3.00 e. The number of hydrogen-bond donors (Lipinski definition) is 0. The van der Waals surface area contributed by atoms with Crippen molar-refractivity contribution in [3.8, 4) is 28.4 Å². The molecule has 0 saturated heterocycles. The molecule has 0 spiro atoms. The molecule has 3 heterocycles. The van der Waals surface area contributed by atoms with Crippen LogP contribution in [0.25, 0.3) is 28.0 Å². The van der Waals surface area contributed by atoms with Gasteiger partial charge in [0, 0.05) is 11.9 Å². The summed E-state index contributed by atoms with van der Waals surface area (Å²) < 4.78 is 11.0. The SMILES string of the molecule is CC(C)Cn1[c-][n+]2c3c(cccc31)Oc1c-2[c-]cc2c1C(C)(C)CCC2(C)C.[Ir+3].[c-]1ccccc1-c1ccccn1. The molecular weight excluding hydrogens is 683 g/mol. The van der Waals surface area contributed by atoms with Gasteiger partial charge in [0.05, 0.1) is 17.6 Å². The molecule has 0 radical (unpaired) electrons. The average molecular weight is 720 g/mol. The van der Waals surface area contributed by atoms with Crippen molar-refractivity contribution in [1.29, 1.82) is 0 Å². The Labute approximate surface area is 257 Å². The number of benzene rings is 3. The molecule has 3 aromatic carbocycles. The minimum absolute atomic E-state index is 0. The van der Waals surface area contributed by atoms with Crippen LogP contribution in [0.2, 0.25) is 0 Å². The Morgan fingerprint density at radius 1 is 0.951 bits per heavy atom. The van der Waals surface area contributed by atoms with Crippen molar-refractivity contribution in [2.45, 2.75) is 71.8 Å². The molecule has 0 bridgehead atoms. The molecule has 0 atom stereocenters. The summed E-state index contributed by atoms with van der Waals surface area (Å²) in [6.45, 7) is 14.8. The van der Waals surface area contributed by atoms with E-state index >= 15 is 0 Å². The van der Waals surface area contributed by atoms with Gasteiger partial charge in [-0.3, -0.25) is 0 Å². The molecule has 1 aliphatic heterocycles. The molecule has 210 valence electrons. The van der Waals surface area contributed by atoms with E-state index in [0.717, 1.165) is 46.9 Å². The van der Waals surface area contributed by atoms with Crippen LogP contribution in [0.3, 0.4) is 0 Å². The fourth-order valence-electron chi connectivity index (χ4n) is 5.99. The number of imidazole rings is 1. The summed E-state index contributed by atoms with van der Waals surface area (Å²) in [6, 6.07) is 28.9. The molecule has 41 heavy (non-hydrogen) atoms. The molecule has 2 aliphatic rings. The molecule has 1 aliphatic carbocycles. The molecule has 0 saturated carbocycles. The summed E-state index contributed by atoms with van der Waals surface area (Å²) >= 11 is 0. The van der Waals surface area contributed by atoms with Gasteiger partial charge in [-0.2, -0.15) is 12.1 Å². The zero-order valence-electron chi connectivity index (χ0n) is 24.7. The molecular formula is C36H37IrN3O+. The molecule has 0 N–H and O–H groups in total. The smallest absolute Gasteiger partial charge is 0.527 e. The molecule has 0 unspecified atom stereocenters. The number of fused-ring (bicyclic) bond motifs is 4. The summed E-state index contributed by atoms with van der Waals surface area (Å²) in [7, 11) is 0. The van der Waals surface area contributed by atoms with E-state index in [4.69, 9.17) is 4.74 Å². The normalized spacial score (nSPS) is 15.6. The summed E-state index contributed by atoms with van der Waals surface area (Å²) in [4.78, 5) is 4.22. The Morgan fingerprint density at radius 2 is 1.73 bits per heavy atom. The second-order valence-electron chi connectivity index (χ2n) is 12.7. The van der Waals surface area contributed by atoms with Gasteiger partial charge in [0.25, 0.3) is 0 Å². The third kappa shape index (κ3) is 5.38. The number of rotatable bonds is 3. The number of nitrogens with zero attached hydrogens (tertiary/aromatic N) is 3. The van der Waals surface area contributed by atoms with E-state index in [-0.39, 0.29) is 30.9 Å².